The summed E-state index contributed by atoms with van der Waals surface area (Å²) in [7, 11) is 0. The maximum atomic E-state index is 10.9. The lowest BCUT2D eigenvalue weighted by Crippen LogP contribution is -2.45. The Balaban J connectivity index is 2.10. The summed E-state index contributed by atoms with van der Waals surface area (Å²) in [6, 6.07) is 0.307. The first kappa shape index (κ1) is 6.85. The summed E-state index contributed by atoms with van der Waals surface area (Å²) < 4.78 is 5.26. The predicted molar refractivity (Wildman–Crippen MR) is 40.1 cm³/mol. The molecule has 2 aliphatic rings. The van der Waals surface area contributed by atoms with E-state index < -0.39 is 0 Å². The molecule has 1 fully saturated rings. The molecule has 0 unspecified atom stereocenters. The van der Waals surface area contributed by atoms with E-state index in [0.29, 0.717) is 19.1 Å². The molecule has 1 atom stereocenters. The second-order valence-electron chi connectivity index (χ2n) is 2.95. The van der Waals surface area contributed by atoms with Gasteiger partial charge in [0.25, 0.3) is 0 Å². The molecule has 0 aromatic rings. The van der Waals surface area contributed by atoms with Crippen LogP contribution in [-0.4, -0.2) is 36.5 Å². The van der Waals surface area contributed by atoms with Gasteiger partial charge in [-0.1, -0.05) is 0 Å². The van der Waals surface area contributed by atoms with Gasteiger partial charge in [-0.15, -0.1) is 0 Å². The molecule has 0 aromatic carbocycles. The van der Waals surface area contributed by atoms with Crippen molar-refractivity contribution in [3.05, 3.63) is 12.3 Å². The number of hydrogen-bond acceptors (Lipinski definition) is 3. The molecule has 0 N–H and O–H groups in total. The van der Waals surface area contributed by atoms with E-state index in [2.05, 4.69) is 4.90 Å². The molecular formula is C8H11NO2. The Kier molecular flexibility index (Phi) is 1.66. The van der Waals surface area contributed by atoms with Crippen molar-refractivity contribution in [3.63, 3.8) is 0 Å². The Morgan fingerprint density at radius 2 is 2.55 bits per heavy atom. The first-order valence-corrected chi connectivity index (χ1v) is 3.91. The second kappa shape index (κ2) is 2.66. The number of ether oxygens (including phenoxy) is 1. The van der Waals surface area contributed by atoms with Gasteiger partial charge in [-0.2, -0.15) is 0 Å². The average Bonchev–Trinajstić information content (AvgIpc) is 2.04. The molecule has 0 radical (unpaired) electrons. The highest BCUT2D eigenvalue weighted by molar-refractivity contribution is 5.90. The summed E-state index contributed by atoms with van der Waals surface area (Å²) in [5.41, 5.74) is 0. The van der Waals surface area contributed by atoms with Crippen LogP contribution in [0.15, 0.2) is 12.3 Å². The van der Waals surface area contributed by atoms with Crippen LogP contribution < -0.4 is 0 Å². The first-order chi connectivity index (χ1) is 5.36. The summed E-state index contributed by atoms with van der Waals surface area (Å²) in [6.07, 6.45) is 4.16. The van der Waals surface area contributed by atoms with Crippen molar-refractivity contribution in [1.29, 1.82) is 0 Å². The summed E-state index contributed by atoms with van der Waals surface area (Å²) in [5, 5.41) is 0. The highest BCUT2D eigenvalue weighted by Crippen LogP contribution is 2.15. The van der Waals surface area contributed by atoms with Crippen molar-refractivity contribution in [2.24, 2.45) is 0 Å². The molecular weight excluding hydrogens is 142 g/mol. The maximum Gasteiger partial charge on any atom is 0.159 e. The Morgan fingerprint density at radius 1 is 1.64 bits per heavy atom. The van der Waals surface area contributed by atoms with Crippen molar-refractivity contribution in [1.82, 2.24) is 4.90 Å². The minimum Gasteiger partial charge on any atom is -0.377 e. The lowest BCUT2D eigenvalue weighted by Gasteiger charge is -2.36. The standard InChI is InChI=1S/C8H11NO2/c10-8-1-2-9-3-4-11-6-7(9)5-8/h1-2,7H,3-6H2/t7-/m0/s1. The van der Waals surface area contributed by atoms with Crippen LogP contribution in [0, 0.1) is 0 Å². The molecule has 3 heteroatoms. The summed E-state index contributed by atoms with van der Waals surface area (Å²) in [5.74, 6) is 0.219. The number of carbonyl (C=O) groups excluding carboxylic acids is 1. The van der Waals surface area contributed by atoms with Crippen molar-refractivity contribution < 1.29 is 9.53 Å². The minimum atomic E-state index is 0.219. The van der Waals surface area contributed by atoms with E-state index in [0.717, 1.165) is 13.2 Å². The lowest BCUT2D eigenvalue weighted by molar-refractivity contribution is -0.118. The smallest absolute Gasteiger partial charge is 0.159 e. The van der Waals surface area contributed by atoms with E-state index in [9.17, 15) is 4.79 Å². The molecule has 0 aliphatic carbocycles. The molecule has 0 aromatic heterocycles. The van der Waals surface area contributed by atoms with Crippen LogP contribution >= 0.6 is 0 Å². The largest absolute Gasteiger partial charge is 0.377 e. The summed E-state index contributed by atoms with van der Waals surface area (Å²) in [4.78, 5) is 13.1. The SMILES string of the molecule is O=C1C=CN2CCOC[C@@H]2C1. The zero-order valence-corrected chi connectivity index (χ0v) is 6.32. The molecule has 60 valence electrons. The molecule has 0 saturated carbocycles. The number of carbonyl (C=O) groups is 1. The number of nitrogens with zero attached hydrogens (tertiary/aromatic N) is 1. The highest BCUT2D eigenvalue weighted by Gasteiger charge is 2.24. The minimum absolute atomic E-state index is 0.219. The van der Waals surface area contributed by atoms with Crippen LogP contribution in [0.25, 0.3) is 0 Å². The van der Waals surface area contributed by atoms with E-state index in [1.165, 1.54) is 0 Å². The van der Waals surface area contributed by atoms with Crippen molar-refractivity contribution >= 4 is 5.78 Å². The zero-order valence-electron chi connectivity index (χ0n) is 6.32. The number of allylic oxidation sites excluding steroid dienone is 1. The van der Waals surface area contributed by atoms with Gasteiger partial charge in [0.1, 0.15) is 0 Å². The van der Waals surface area contributed by atoms with Gasteiger partial charge >= 0.3 is 0 Å². The number of fused-ring (bicyclic) bond motifs is 1. The van der Waals surface area contributed by atoms with Crippen LogP contribution in [-0.2, 0) is 9.53 Å². The van der Waals surface area contributed by atoms with Gasteiger partial charge in [0.05, 0.1) is 19.3 Å². The molecule has 0 spiro atoms. The second-order valence-corrected chi connectivity index (χ2v) is 2.95. The summed E-state index contributed by atoms with van der Waals surface area (Å²) >= 11 is 0. The normalized spacial score (nSPS) is 30.4. The molecule has 0 amide bonds. The van der Waals surface area contributed by atoms with Gasteiger partial charge < -0.3 is 9.64 Å². The van der Waals surface area contributed by atoms with Gasteiger partial charge in [-0.05, 0) is 6.08 Å². The molecule has 1 saturated heterocycles. The Morgan fingerprint density at radius 3 is 3.45 bits per heavy atom. The van der Waals surface area contributed by atoms with Gasteiger partial charge in [0.2, 0.25) is 0 Å². The van der Waals surface area contributed by atoms with Crippen molar-refractivity contribution in [3.8, 4) is 0 Å². The number of morpholine rings is 1. The quantitative estimate of drug-likeness (QED) is 0.497. The maximum absolute atomic E-state index is 10.9. The number of rotatable bonds is 0. The molecule has 11 heavy (non-hydrogen) atoms. The summed E-state index contributed by atoms with van der Waals surface area (Å²) in [6.45, 7) is 2.42. The van der Waals surface area contributed by atoms with Crippen LogP contribution in [0.1, 0.15) is 6.42 Å². The molecule has 2 aliphatic heterocycles. The number of hydrogen-bond donors (Lipinski definition) is 0. The Bertz CT molecular complexity index is 200. The average molecular weight is 153 g/mol. The Labute approximate surface area is 65.6 Å². The third-order valence-corrected chi connectivity index (χ3v) is 2.16. The van der Waals surface area contributed by atoms with E-state index in [4.69, 9.17) is 4.74 Å². The van der Waals surface area contributed by atoms with E-state index in [1.807, 2.05) is 6.20 Å². The van der Waals surface area contributed by atoms with Crippen LogP contribution in [0.5, 0.6) is 0 Å². The topological polar surface area (TPSA) is 29.5 Å². The molecule has 0 bridgehead atoms. The predicted octanol–water partition coefficient (Wildman–Crippen LogP) is 0.174. The first-order valence-electron chi connectivity index (χ1n) is 3.91. The van der Waals surface area contributed by atoms with E-state index >= 15 is 0 Å². The van der Waals surface area contributed by atoms with Crippen LogP contribution in [0.4, 0.5) is 0 Å². The third kappa shape index (κ3) is 1.28. The molecule has 2 heterocycles. The van der Waals surface area contributed by atoms with Gasteiger partial charge in [0, 0.05) is 19.2 Å². The number of ketones is 1. The highest BCUT2D eigenvalue weighted by atomic mass is 16.5. The molecule has 3 nitrogen and oxygen atoms in total. The third-order valence-electron chi connectivity index (χ3n) is 2.16. The van der Waals surface area contributed by atoms with Crippen LogP contribution in [0.2, 0.25) is 0 Å². The zero-order chi connectivity index (χ0) is 7.68. The van der Waals surface area contributed by atoms with Gasteiger partial charge in [0.15, 0.2) is 5.78 Å². The Hall–Kier alpha value is -0.830. The fraction of sp³-hybridized carbons (Fsp3) is 0.625. The molecule has 2 rings (SSSR count). The van der Waals surface area contributed by atoms with Crippen molar-refractivity contribution in [2.75, 3.05) is 19.8 Å². The monoisotopic (exact) mass is 153 g/mol. The van der Waals surface area contributed by atoms with Crippen molar-refractivity contribution in [2.45, 2.75) is 12.5 Å². The lowest BCUT2D eigenvalue weighted by atomic mass is 10.1. The fourth-order valence-electron chi connectivity index (χ4n) is 1.52. The van der Waals surface area contributed by atoms with Gasteiger partial charge in [-0.25, -0.2) is 0 Å². The van der Waals surface area contributed by atoms with Gasteiger partial charge in [-0.3, -0.25) is 4.79 Å². The van der Waals surface area contributed by atoms with E-state index in [-0.39, 0.29) is 5.78 Å². The van der Waals surface area contributed by atoms with E-state index in [1.54, 1.807) is 6.08 Å². The fourth-order valence-corrected chi connectivity index (χ4v) is 1.52. The van der Waals surface area contributed by atoms with Crippen LogP contribution in [0.3, 0.4) is 0 Å².